The molecule has 0 saturated carbocycles. The molecule has 0 aromatic rings. The van der Waals surface area contributed by atoms with E-state index in [0.717, 1.165) is 83.5 Å². The standard InChI is InChI=1S/C37H66O8/c1-3-4-5-6-7-8-12-15-18-31(39)35-23-24-36(45-35)33(41)21-20-32(40)34-22-19-30(44-34)17-14-11-9-10-13-16-29(38)26-28-25-27(2)43-37(28)42/h25,27,29-36,38-41H,3-24,26H2,1-2H3/t27-,29+,30+,31+,32-,33+,34-,35-,36+/m0/s1. The van der Waals surface area contributed by atoms with Crippen molar-refractivity contribution in [1.29, 1.82) is 0 Å². The molecule has 262 valence electrons. The Kier molecular flexibility index (Phi) is 18.6. The maximum absolute atomic E-state index is 11.7. The summed E-state index contributed by atoms with van der Waals surface area (Å²) in [5, 5.41) is 42.4. The summed E-state index contributed by atoms with van der Waals surface area (Å²) in [7, 11) is 0. The third-order valence-electron chi connectivity index (χ3n) is 10.1. The first-order valence-electron chi connectivity index (χ1n) is 18.7. The molecule has 3 heterocycles. The first-order valence-corrected chi connectivity index (χ1v) is 18.7. The lowest BCUT2D eigenvalue weighted by Gasteiger charge is -2.24. The highest BCUT2D eigenvalue weighted by atomic mass is 16.5. The van der Waals surface area contributed by atoms with Gasteiger partial charge in [-0.05, 0) is 70.8 Å². The molecule has 45 heavy (non-hydrogen) atoms. The van der Waals surface area contributed by atoms with Gasteiger partial charge in [-0.1, -0.05) is 90.4 Å². The van der Waals surface area contributed by atoms with E-state index in [1.54, 1.807) is 6.08 Å². The Hall–Kier alpha value is -1.03. The number of hydrogen-bond acceptors (Lipinski definition) is 8. The van der Waals surface area contributed by atoms with Crippen LogP contribution in [-0.2, 0) is 19.0 Å². The summed E-state index contributed by atoms with van der Waals surface area (Å²) in [6.45, 7) is 4.07. The van der Waals surface area contributed by atoms with Crippen molar-refractivity contribution in [3.63, 3.8) is 0 Å². The molecule has 2 saturated heterocycles. The Morgan fingerprint density at radius 3 is 1.78 bits per heavy atom. The van der Waals surface area contributed by atoms with Gasteiger partial charge >= 0.3 is 5.97 Å². The fraction of sp³-hybridized carbons (Fsp3) is 0.919. The minimum atomic E-state index is -0.627. The van der Waals surface area contributed by atoms with E-state index in [9.17, 15) is 25.2 Å². The SMILES string of the molecule is CCCCCCCCCC[C@@H](O)[C@@H]1CC[C@H]([C@H](O)CC[C@H](O)[C@@H]2CC[C@@H](CCCCCCC[C@@H](O)CC3=C[C@H](C)OC3=O)O2)O1. The maximum Gasteiger partial charge on any atom is 0.334 e. The number of unbranched alkanes of at least 4 members (excludes halogenated alkanes) is 11. The van der Waals surface area contributed by atoms with Crippen molar-refractivity contribution in [1.82, 2.24) is 0 Å². The summed E-state index contributed by atoms with van der Waals surface area (Å²) in [4.78, 5) is 11.7. The number of cyclic esters (lactones) is 1. The second-order valence-corrected chi connectivity index (χ2v) is 14.2. The number of carbonyl (C=O) groups is 1. The van der Waals surface area contributed by atoms with E-state index in [1.807, 2.05) is 6.92 Å². The van der Waals surface area contributed by atoms with Crippen LogP contribution in [0.4, 0.5) is 0 Å². The molecule has 0 aliphatic carbocycles. The Labute approximate surface area is 273 Å². The molecule has 8 heteroatoms. The van der Waals surface area contributed by atoms with Crippen molar-refractivity contribution in [2.24, 2.45) is 0 Å². The van der Waals surface area contributed by atoms with Gasteiger partial charge in [-0.3, -0.25) is 0 Å². The third-order valence-corrected chi connectivity index (χ3v) is 10.1. The molecule has 3 rings (SSSR count). The van der Waals surface area contributed by atoms with Crippen molar-refractivity contribution in [3.05, 3.63) is 11.6 Å². The van der Waals surface area contributed by atoms with Crippen LogP contribution in [0.5, 0.6) is 0 Å². The molecule has 0 aromatic carbocycles. The van der Waals surface area contributed by atoms with Crippen LogP contribution in [0.2, 0.25) is 0 Å². The predicted molar refractivity (Wildman–Crippen MR) is 177 cm³/mol. The highest BCUT2D eigenvalue weighted by Crippen LogP contribution is 2.31. The fourth-order valence-corrected chi connectivity index (χ4v) is 7.29. The number of aliphatic hydroxyl groups is 4. The van der Waals surface area contributed by atoms with Gasteiger partial charge in [0.1, 0.15) is 6.10 Å². The molecule has 3 aliphatic heterocycles. The monoisotopic (exact) mass is 638 g/mol. The Balaban J connectivity index is 1.16. The van der Waals surface area contributed by atoms with Crippen molar-refractivity contribution in [2.45, 2.75) is 216 Å². The van der Waals surface area contributed by atoms with Crippen LogP contribution in [0.25, 0.3) is 0 Å². The Morgan fingerprint density at radius 1 is 0.667 bits per heavy atom. The smallest absolute Gasteiger partial charge is 0.334 e. The van der Waals surface area contributed by atoms with E-state index >= 15 is 0 Å². The summed E-state index contributed by atoms with van der Waals surface area (Å²) in [5.41, 5.74) is 0.600. The quantitative estimate of drug-likeness (QED) is 0.0634. The van der Waals surface area contributed by atoms with Crippen molar-refractivity contribution in [3.8, 4) is 0 Å². The van der Waals surface area contributed by atoms with Gasteiger partial charge in [0.05, 0.1) is 48.8 Å². The summed E-state index contributed by atoms with van der Waals surface area (Å²) in [6.07, 6.45) is 21.6. The van der Waals surface area contributed by atoms with E-state index in [2.05, 4.69) is 6.92 Å². The second-order valence-electron chi connectivity index (χ2n) is 14.2. The van der Waals surface area contributed by atoms with Gasteiger partial charge < -0.3 is 34.6 Å². The van der Waals surface area contributed by atoms with E-state index < -0.39 is 24.4 Å². The van der Waals surface area contributed by atoms with Crippen molar-refractivity contribution < 1.29 is 39.4 Å². The molecule has 9 atom stereocenters. The summed E-state index contributed by atoms with van der Waals surface area (Å²) >= 11 is 0. The topological polar surface area (TPSA) is 126 Å². The minimum absolute atomic E-state index is 0.162. The number of aliphatic hydroxyl groups excluding tert-OH is 4. The van der Waals surface area contributed by atoms with Gasteiger partial charge in [-0.25, -0.2) is 4.79 Å². The summed E-state index contributed by atoms with van der Waals surface area (Å²) in [6, 6.07) is 0. The predicted octanol–water partition coefficient (Wildman–Crippen LogP) is 6.83. The first-order chi connectivity index (χ1) is 21.8. The average Bonchev–Trinajstić information content (AvgIpc) is 3.77. The zero-order chi connectivity index (χ0) is 32.4. The van der Waals surface area contributed by atoms with Gasteiger partial charge in [-0.15, -0.1) is 0 Å². The molecule has 0 radical (unpaired) electrons. The third kappa shape index (κ3) is 14.7. The van der Waals surface area contributed by atoms with E-state index in [0.29, 0.717) is 31.3 Å². The van der Waals surface area contributed by atoms with Crippen LogP contribution >= 0.6 is 0 Å². The number of esters is 1. The van der Waals surface area contributed by atoms with Crippen LogP contribution in [0.1, 0.15) is 162 Å². The molecular formula is C37H66O8. The number of rotatable bonds is 25. The molecule has 0 amide bonds. The Morgan fingerprint density at radius 2 is 1.18 bits per heavy atom. The molecule has 0 spiro atoms. The molecule has 8 nitrogen and oxygen atoms in total. The van der Waals surface area contributed by atoms with E-state index in [4.69, 9.17) is 14.2 Å². The molecule has 4 N–H and O–H groups in total. The van der Waals surface area contributed by atoms with Gasteiger partial charge in [0, 0.05) is 12.0 Å². The largest absolute Gasteiger partial charge is 0.455 e. The molecule has 2 fully saturated rings. The lowest BCUT2D eigenvalue weighted by atomic mass is 9.98. The van der Waals surface area contributed by atoms with Crippen LogP contribution in [0.3, 0.4) is 0 Å². The van der Waals surface area contributed by atoms with Gasteiger partial charge in [0.15, 0.2) is 0 Å². The molecular weight excluding hydrogens is 572 g/mol. The van der Waals surface area contributed by atoms with Crippen LogP contribution in [-0.4, -0.2) is 81.3 Å². The number of hydrogen-bond donors (Lipinski definition) is 4. The van der Waals surface area contributed by atoms with Gasteiger partial charge in [0.2, 0.25) is 0 Å². The van der Waals surface area contributed by atoms with Crippen LogP contribution in [0.15, 0.2) is 11.6 Å². The molecule has 0 unspecified atom stereocenters. The van der Waals surface area contributed by atoms with Gasteiger partial charge in [0.25, 0.3) is 0 Å². The van der Waals surface area contributed by atoms with Gasteiger partial charge in [-0.2, -0.15) is 0 Å². The highest BCUT2D eigenvalue weighted by Gasteiger charge is 2.36. The fourth-order valence-electron chi connectivity index (χ4n) is 7.29. The Bertz CT molecular complexity index is 833. The maximum atomic E-state index is 11.7. The summed E-state index contributed by atoms with van der Waals surface area (Å²) in [5.74, 6) is -0.295. The minimum Gasteiger partial charge on any atom is -0.455 e. The van der Waals surface area contributed by atoms with E-state index in [-0.39, 0.29) is 36.5 Å². The lowest BCUT2D eigenvalue weighted by molar-refractivity contribution is -0.139. The number of ether oxygens (including phenoxy) is 3. The zero-order valence-corrected chi connectivity index (χ0v) is 28.5. The molecule has 3 aliphatic rings. The van der Waals surface area contributed by atoms with Crippen molar-refractivity contribution >= 4 is 5.97 Å². The van der Waals surface area contributed by atoms with Crippen LogP contribution < -0.4 is 0 Å². The van der Waals surface area contributed by atoms with Crippen molar-refractivity contribution in [2.75, 3.05) is 0 Å². The molecule has 0 bridgehead atoms. The lowest BCUT2D eigenvalue weighted by Crippen LogP contribution is -2.33. The normalized spacial score (nSPS) is 27.8. The first kappa shape index (κ1) is 38.4. The highest BCUT2D eigenvalue weighted by molar-refractivity contribution is 5.90. The zero-order valence-electron chi connectivity index (χ0n) is 28.5. The van der Waals surface area contributed by atoms with E-state index in [1.165, 1.54) is 38.5 Å². The van der Waals surface area contributed by atoms with Crippen LogP contribution in [0, 0.1) is 0 Å². The average molecular weight is 639 g/mol. The second kappa shape index (κ2) is 21.8. The molecule has 0 aromatic heterocycles. The number of carbonyl (C=O) groups excluding carboxylic acids is 1. The summed E-state index contributed by atoms with van der Waals surface area (Å²) < 4.78 is 17.3.